The zero-order valence-corrected chi connectivity index (χ0v) is 9.56. The maximum atomic E-state index is 9.67. The summed E-state index contributed by atoms with van der Waals surface area (Å²) in [6.45, 7) is -1.67. The quantitative estimate of drug-likeness (QED) is 0.789. The first-order valence-electron chi connectivity index (χ1n) is 5.16. The van der Waals surface area contributed by atoms with Crippen LogP contribution in [-0.4, -0.2) is 30.2 Å². The molecule has 0 atom stereocenters. The van der Waals surface area contributed by atoms with Gasteiger partial charge in [0.1, 0.15) is 0 Å². The van der Waals surface area contributed by atoms with Gasteiger partial charge in [0.25, 0.3) is 0 Å². The third-order valence-electron chi connectivity index (χ3n) is 2.17. The van der Waals surface area contributed by atoms with Crippen LogP contribution in [0.3, 0.4) is 0 Å². The molecule has 5 heteroatoms. The van der Waals surface area contributed by atoms with Gasteiger partial charge < -0.3 is 9.80 Å². The molecule has 0 N–H and O–H groups in total. The number of nitrogens with zero attached hydrogens (tertiary/aromatic N) is 2. The van der Waals surface area contributed by atoms with Crippen molar-refractivity contribution in [3.05, 3.63) is 48.3 Å². The minimum Gasteiger partial charge on any atom is -0.362 e. The van der Waals surface area contributed by atoms with E-state index in [-0.39, 0.29) is 0 Å². The van der Waals surface area contributed by atoms with E-state index in [0.717, 1.165) is 13.2 Å². The largest absolute Gasteiger partial charge is 0.379 e. The molecule has 0 fully saturated rings. The summed E-state index contributed by atoms with van der Waals surface area (Å²) in [6, 6.07) is 10.5. The predicted octanol–water partition coefficient (Wildman–Crippen LogP) is 3.04. The molecule has 1 aromatic rings. The van der Waals surface area contributed by atoms with Crippen molar-refractivity contribution in [2.75, 3.05) is 13.7 Å². The molecule has 94 valence electrons. The Morgan fingerprint density at radius 1 is 1.12 bits per heavy atom. The fourth-order valence-electron chi connectivity index (χ4n) is 1.51. The second-order valence-electron chi connectivity index (χ2n) is 3.68. The van der Waals surface area contributed by atoms with Crippen LogP contribution in [0.1, 0.15) is 5.56 Å². The van der Waals surface area contributed by atoms with E-state index < -0.39 is 6.68 Å². The monoisotopic (exact) mass is 244 g/mol. The lowest BCUT2D eigenvalue weighted by Gasteiger charge is -2.17. The third-order valence-corrected chi connectivity index (χ3v) is 2.17. The molecule has 0 spiro atoms. The van der Waals surface area contributed by atoms with Gasteiger partial charge in [0.2, 0.25) is 0 Å². The molecular weight excluding hydrogens is 229 g/mol. The molecule has 0 saturated carbocycles. The average Bonchev–Trinajstić information content (AvgIpc) is 2.65. The van der Waals surface area contributed by atoms with Crippen molar-refractivity contribution in [2.45, 2.75) is 13.2 Å². The van der Waals surface area contributed by atoms with Crippen LogP contribution in [0.15, 0.2) is 42.7 Å². The van der Waals surface area contributed by atoms with Gasteiger partial charge in [-0.15, -0.1) is 0 Å². The smallest absolute Gasteiger partial charge is 0.362 e. The minimum atomic E-state index is -3.67. The molecular formula is C12H15F3N2. The van der Waals surface area contributed by atoms with Crippen molar-refractivity contribution < 1.29 is 13.2 Å². The van der Waals surface area contributed by atoms with Gasteiger partial charge in [0, 0.05) is 26.0 Å². The van der Waals surface area contributed by atoms with Crippen molar-refractivity contribution in [3.63, 3.8) is 0 Å². The van der Waals surface area contributed by atoms with Gasteiger partial charge in [0.05, 0.1) is 6.67 Å². The van der Waals surface area contributed by atoms with Gasteiger partial charge in [-0.1, -0.05) is 30.3 Å². The highest BCUT2D eigenvalue weighted by atomic mass is 19.4. The van der Waals surface area contributed by atoms with Crippen molar-refractivity contribution in [1.29, 1.82) is 0 Å². The predicted molar refractivity (Wildman–Crippen MR) is 60.9 cm³/mol. The Balaban J connectivity index is 0.000000317. The second-order valence-corrected chi connectivity index (χ2v) is 3.68. The van der Waals surface area contributed by atoms with Crippen LogP contribution in [-0.2, 0) is 6.54 Å². The first-order chi connectivity index (χ1) is 8.08. The van der Waals surface area contributed by atoms with Crippen LogP contribution in [0.5, 0.6) is 0 Å². The molecule has 1 aliphatic heterocycles. The van der Waals surface area contributed by atoms with Gasteiger partial charge in [0.15, 0.2) is 0 Å². The molecule has 0 amide bonds. The Morgan fingerprint density at radius 3 is 2.18 bits per heavy atom. The maximum Gasteiger partial charge on any atom is 0.379 e. The number of alkyl halides is 3. The average molecular weight is 244 g/mol. The van der Waals surface area contributed by atoms with E-state index in [0.29, 0.717) is 0 Å². The summed E-state index contributed by atoms with van der Waals surface area (Å²) in [5.74, 6) is 0. The standard InChI is InChI=1S/C11H14N2.CHF3/c1-12-7-8-13(10-12)9-11-5-3-2-4-6-11;2-1(3)4/h2-8H,9-10H2,1H3;1H. The normalized spacial score (nSPS) is 13.9. The van der Waals surface area contributed by atoms with Gasteiger partial charge >= 0.3 is 6.68 Å². The first kappa shape index (κ1) is 13.4. The SMILES string of the molecule is CN1C=CN(Cc2ccccc2)C1.FC(F)F. The fraction of sp³-hybridized carbons (Fsp3) is 0.333. The molecule has 2 nitrogen and oxygen atoms in total. The Labute approximate surface area is 98.9 Å². The van der Waals surface area contributed by atoms with Crippen molar-refractivity contribution in [3.8, 4) is 0 Å². The summed E-state index contributed by atoms with van der Waals surface area (Å²) < 4.78 is 29.0. The lowest BCUT2D eigenvalue weighted by Crippen LogP contribution is -2.21. The zero-order valence-electron chi connectivity index (χ0n) is 9.56. The molecule has 1 aliphatic rings. The Kier molecular flexibility index (Phi) is 5.39. The number of rotatable bonds is 2. The molecule has 17 heavy (non-hydrogen) atoms. The van der Waals surface area contributed by atoms with E-state index in [4.69, 9.17) is 0 Å². The molecule has 0 aliphatic carbocycles. The van der Waals surface area contributed by atoms with Crippen molar-refractivity contribution in [1.82, 2.24) is 9.80 Å². The molecule has 2 rings (SSSR count). The number of halogens is 3. The topological polar surface area (TPSA) is 6.48 Å². The van der Waals surface area contributed by atoms with E-state index in [1.165, 1.54) is 5.56 Å². The second kappa shape index (κ2) is 6.83. The van der Waals surface area contributed by atoms with Crippen LogP contribution in [0.2, 0.25) is 0 Å². The van der Waals surface area contributed by atoms with Crippen LogP contribution in [0, 0.1) is 0 Å². The lowest BCUT2D eigenvalue weighted by molar-refractivity contribution is 0.00819. The van der Waals surface area contributed by atoms with Crippen LogP contribution >= 0.6 is 0 Å². The summed E-state index contributed by atoms with van der Waals surface area (Å²) >= 11 is 0. The van der Waals surface area contributed by atoms with E-state index in [2.05, 4.69) is 59.6 Å². The lowest BCUT2D eigenvalue weighted by atomic mass is 10.2. The highest BCUT2D eigenvalue weighted by molar-refractivity contribution is 5.15. The van der Waals surface area contributed by atoms with Crippen molar-refractivity contribution in [2.24, 2.45) is 0 Å². The molecule has 1 aromatic carbocycles. The molecule has 0 bridgehead atoms. The molecule has 0 aromatic heterocycles. The van der Waals surface area contributed by atoms with E-state index in [1.807, 2.05) is 0 Å². The van der Waals surface area contributed by atoms with Crippen LogP contribution < -0.4 is 0 Å². The molecule has 0 unspecified atom stereocenters. The third kappa shape index (κ3) is 5.85. The maximum absolute atomic E-state index is 9.67. The van der Waals surface area contributed by atoms with Crippen LogP contribution in [0.25, 0.3) is 0 Å². The summed E-state index contributed by atoms with van der Waals surface area (Å²) in [5, 5.41) is 0. The van der Waals surface area contributed by atoms with Gasteiger partial charge in [-0.25, -0.2) is 0 Å². The van der Waals surface area contributed by atoms with E-state index >= 15 is 0 Å². The molecule has 0 saturated heterocycles. The summed E-state index contributed by atoms with van der Waals surface area (Å²) in [6.07, 6.45) is 4.23. The highest BCUT2D eigenvalue weighted by Gasteiger charge is 2.07. The van der Waals surface area contributed by atoms with E-state index in [9.17, 15) is 13.2 Å². The summed E-state index contributed by atoms with van der Waals surface area (Å²) in [7, 11) is 2.08. The molecule has 1 heterocycles. The minimum absolute atomic E-state index is 0.995. The summed E-state index contributed by atoms with van der Waals surface area (Å²) in [5.41, 5.74) is 1.36. The number of hydrogen-bond donors (Lipinski definition) is 0. The number of hydrogen-bond acceptors (Lipinski definition) is 2. The van der Waals surface area contributed by atoms with Gasteiger partial charge in [-0.05, 0) is 5.56 Å². The Bertz CT molecular complexity index is 338. The van der Waals surface area contributed by atoms with Gasteiger partial charge in [-0.3, -0.25) is 0 Å². The number of benzene rings is 1. The summed E-state index contributed by atoms with van der Waals surface area (Å²) in [4.78, 5) is 4.46. The molecule has 0 radical (unpaired) electrons. The van der Waals surface area contributed by atoms with Gasteiger partial charge in [-0.2, -0.15) is 13.2 Å². The zero-order chi connectivity index (χ0) is 12.7. The highest BCUT2D eigenvalue weighted by Crippen LogP contribution is 2.09. The fourth-order valence-corrected chi connectivity index (χ4v) is 1.51. The van der Waals surface area contributed by atoms with Crippen LogP contribution in [0.4, 0.5) is 13.2 Å². The van der Waals surface area contributed by atoms with E-state index in [1.54, 1.807) is 0 Å². The Hall–Kier alpha value is -1.65. The Morgan fingerprint density at radius 2 is 1.71 bits per heavy atom. The van der Waals surface area contributed by atoms with Crippen molar-refractivity contribution >= 4 is 0 Å². The first-order valence-corrected chi connectivity index (χ1v) is 5.16.